The van der Waals surface area contributed by atoms with E-state index in [1.54, 1.807) is 23.1 Å². The molecule has 0 saturated heterocycles. The molecule has 0 saturated carbocycles. The third kappa shape index (κ3) is 1.87. The fourth-order valence-electron chi connectivity index (χ4n) is 2.49. The second-order valence-electron chi connectivity index (χ2n) is 4.66. The minimum absolute atomic E-state index is 0.157. The highest BCUT2D eigenvalue weighted by atomic mass is 32.1. The molecule has 0 bridgehead atoms. The SMILES string of the molecule is COc1c(-c2nc3c(s2)CCCC3=O)c(C)nn1C. The molecule has 2 aromatic heterocycles. The number of thiazole rings is 1. The lowest BCUT2D eigenvalue weighted by atomic mass is 10.0. The van der Waals surface area contributed by atoms with Crippen LogP contribution < -0.4 is 4.74 Å². The number of nitrogens with zero attached hydrogens (tertiary/aromatic N) is 3. The van der Waals surface area contributed by atoms with Gasteiger partial charge in [-0.25, -0.2) is 9.67 Å². The summed E-state index contributed by atoms with van der Waals surface area (Å²) in [5, 5.41) is 5.19. The molecule has 0 fully saturated rings. The van der Waals surface area contributed by atoms with Gasteiger partial charge in [-0.15, -0.1) is 11.3 Å². The molecule has 0 N–H and O–H groups in total. The van der Waals surface area contributed by atoms with Crippen LogP contribution >= 0.6 is 11.3 Å². The number of methoxy groups -OCH3 is 1. The van der Waals surface area contributed by atoms with E-state index in [9.17, 15) is 4.79 Å². The Bertz CT molecular complexity index is 657. The van der Waals surface area contributed by atoms with Crippen molar-refractivity contribution >= 4 is 17.1 Å². The molecule has 0 atom stereocenters. The average molecular weight is 277 g/mol. The molecule has 0 aromatic carbocycles. The second kappa shape index (κ2) is 4.45. The minimum atomic E-state index is 0.157. The average Bonchev–Trinajstić information content (AvgIpc) is 2.90. The van der Waals surface area contributed by atoms with E-state index in [-0.39, 0.29) is 5.78 Å². The van der Waals surface area contributed by atoms with Crippen molar-refractivity contribution in [2.24, 2.45) is 7.05 Å². The Morgan fingerprint density at radius 3 is 2.84 bits per heavy atom. The Balaban J connectivity index is 2.15. The van der Waals surface area contributed by atoms with E-state index in [1.165, 1.54) is 0 Å². The molecule has 6 heteroatoms. The van der Waals surface area contributed by atoms with Crippen molar-refractivity contribution in [1.82, 2.24) is 14.8 Å². The number of ketones is 1. The van der Waals surface area contributed by atoms with E-state index in [4.69, 9.17) is 4.74 Å². The highest BCUT2D eigenvalue weighted by Gasteiger charge is 2.26. The Kier molecular flexibility index (Phi) is 2.89. The van der Waals surface area contributed by atoms with Gasteiger partial charge < -0.3 is 4.74 Å². The topological polar surface area (TPSA) is 57.0 Å². The summed E-state index contributed by atoms with van der Waals surface area (Å²) in [7, 11) is 3.46. The number of hydrogen-bond acceptors (Lipinski definition) is 5. The zero-order valence-corrected chi connectivity index (χ0v) is 12.0. The van der Waals surface area contributed by atoms with Gasteiger partial charge in [-0.2, -0.15) is 5.10 Å². The predicted molar refractivity (Wildman–Crippen MR) is 72.9 cm³/mol. The predicted octanol–water partition coefficient (Wildman–Crippen LogP) is 2.38. The van der Waals surface area contributed by atoms with E-state index in [0.717, 1.165) is 34.0 Å². The summed E-state index contributed by atoms with van der Waals surface area (Å²) in [5.41, 5.74) is 2.42. The van der Waals surface area contributed by atoms with E-state index in [0.29, 0.717) is 18.0 Å². The van der Waals surface area contributed by atoms with Crippen molar-refractivity contribution in [3.8, 4) is 16.5 Å². The van der Waals surface area contributed by atoms with Gasteiger partial charge in [0, 0.05) is 18.3 Å². The Labute approximate surface area is 115 Å². The molecule has 2 heterocycles. The summed E-state index contributed by atoms with van der Waals surface area (Å²) >= 11 is 1.58. The van der Waals surface area contributed by atoms with E-state index in [1.807, 2.05) is 14.0 Å². The lowest BCUT2D eigenvalue weighted by Gasteiger charge is -2.06. The lowest BCUT2D eigenvalue weighted by Crippen LogP contribution is -2.08. The molecule has 0 aliphatic heterocycles. The monoisotopic (exact) mass is 277 g/mol. The first kappa shape index (κ1) is 12.3. The zero-order valence-electron chi connectivity index (χ0n) is 11.2. The van der Waals surface area contributed by atoms with Crippen LogP contribution in [0.1, 0.15) is 33.9 Å². The summed E-state index contributed by atoms with van der Waals surface area (Å²) in [5.74, 6) is 0.848. The number of Topliss-reactive ketones (excluding diaryl/α,β-unsaturated/α-hetero) is 1. The van der Waals surface area contributed by atoms with Gasteiger partial charge in [0.05, 0.1) is 18.4 Å². The molecule has 2 aromatic rings. The molecule has 1 aliphatic carbocycles. The van der Waals surface area contributed by atoms with Crippen LogP contribution in [0.15, 0.2) is 0 Å². The second-order valence-corrected chi connectivity index (χ2v) is 5.74. The maximum absolute atomic E-state index is 11.9. The first-order valence-electron chi connectivity index (χ1n) is 6.22. The molecular formula is C13H15N3O2S. The number of carbonyl (C=O) groups excluding carboxylic acids is 1. The molecule has 0 spiro atoms. The van der Waals surface area contributed by atoms with Gasteiger partial charge in [-0.1, -0.05) is 0 Å². The first-order valence-corrected chi connectivity index (χ1v) is 7.04. The number of carbonyl (C=O) groups is 1. The zero-order chi connectivity index (χ0) is 13.6. The van der Waals surface area contributed by atoms with Gasteiger partial charge in [0.2, 0.25) is 5.88 Å². The first-order chi connectivity index (χ1) is 9.11. The van der Waals surface area contributed by atoms with Crippen LogP contribution in [0.2, 0.25) is 0 Å². The van der Waals surface area contributed by atoms with Crippen LogP contribution in [0.25, 0.3) is 10.6 Å². The van der Waals surface area contributed by atoms with Crippen LogP contribution in [-0.2, 0) is 13.5 Å². The Hall–Kier alpha value is -1.69. The normalized spacial score (nSPS) is 14.6. The standard InChI is InChI=1S/C13H15N3O2S/c1-7-10(13(18-3)16(2)15-7)12-14-11-8(17)5-4-6-9(11)19-12/h4-6H2,1-3H3. The van der Waals surface area contributed by atoms with Crippen LogP contribution in [0, 0.1) is 6.92 Å². The molecule has 0 unspecified atom stereocenters. The van der Waals surface area contributed by atoms with Crippen LogP contribution in [0.3, 0.4) is 0 Å². The molecule has 0 amide bonds. The number of rotatable bonds is 2. The van der Waals surface area contributed by atoms with E-state index in [2.05, 4.69) is 10.1 Å². The smallest absolute Gasteiger partial charge is 0.222 e. The molecular weight excluding hydrogens is 262 g/mol. The largest absolute Gasteiger partial charge is 0.481 e. The van der Waals surface area contributed by atoms with E-state index < -0.39 is 0 Å². The molecule has 0 radical (unpaired) electrons. The fourth-order valence-corrected chi connectivity index (χ4v) is 3.70. The van der Waals surface area contributed by atoms with Crippen molar-refractivity contribution in [1.29, 1.82) is 0 Å². The number of aryl methyl sites for hydroxylation is 3. The minimum Gasteiger partial charge on any atom is -0.481 e. The number of fused-ring (bicyclic) bond motifs is 1. The highest BCUT2D eigenvalue weighted by Crippen LogP contribution is 2.38. The highest BCUT2D eigenvalue weighted by molar-refractivity contribution is 7.15. The summed E-state index contributed by atoms with van der Waals surface area (Å²) in [6.45, 7) is 1.93. The Morgan fingerprint density at radius 2 is 2.16 bits per heavy atom. The van der Waals surface area contributed by atoms with Gasteiger partial charge in [0.15, 0.2) is 5.78 Å². The van der Waals surface area contributed by atoms with Crippen molar-refractivity contribution in [3.63, 3.8) is 0 Å². The summed E-state index contributed by atoms with van der Waals surface area (Å²) in [6, 6.07) is 0. The maximum Gasteiger partial charge on any atom is 0.222 e. The van der Waals surface area contributed by atoms with Crippen LogP contribution in [0.4, 0.5) is 0 Å². The summed E-state index contributed by atoms with van der Waals surface area (Å²) < 4.78 is 7.09. The number of ether oxygens (including phenoxy) is 1. The van der Waals surface area contributed by atoms with E-state index >= 15 is 0 Å². The van der Waals surface area contributed by atoms with Crippen molar-refractivity contribution in [2.45, 2.75) is 26.2 Å². The fraction of sp³-hybridized carbons (Fsp3) is 0.462. The Morgan fingerprint density at radius 1 is 1.37 bits per heavy atom. The summed E-state index contributed by atoms with van der Waals surface area (Å²) in [6.07, 6.45) is 2.48. The third-order valence-electron chi connectivity index (χ3n) is 3.35. The van der Waals surface area contributed by atoms with Gasteiger partial charge in [0.1, 0.15) is 10.7 Å². The van der Waals surface area contributed by atoms with Gasteiger partial charge in [-0.05, 0) is 19.8 Å². The van der Waals surface area contributed by atoms with Crippen molar-refractivity contribution in [3.05, 3.63) is 16.3 Å². The number of hydrogen-bond donors (Lipinski definition) is 0. The molecule has 3 rings (SSSR count). The number of aromatic nitrogens is 3. The van der Waals surface area contributed by atoms with Crippen LogP contribution in [0.5, 0.6) is 5.88 Å². The van der Waals surface area contributed by atoms with Crippen molar-refractivity contribution < 1.29 is 9.53 Å². The van der Waals surface area contributed by atoms with Gasteiger partial charge >= 0.3 is 0 Å². The van der Waals surface area contributed by atoms with Gasteiger partial charge in [0.25, 0.3) is 0 Å². The van der Waals surface area contributed by atoms with Crippen LogP contribution in [-0.4, -0.2) is 27.7 Å². The third-order valence-corrected chi connectivity index (χ3v) is 4.48. The maximum atomic E-state index is 11.9. The van der Waals surface area contributed by atoms with Crippen molar-refractivity contribution in [2.75, 3.05) is 7.11 Å². The lowest BCUT2D eigenvalue weighted by molar-refractivity contribution is 0.0968. The molecule has 19 heavy (non-hydrogen) atoms. The van der Waals surface area contributed by atoms with Gasteiger partial charge in [-0.3, -0.25) is 4.79 Å². The molecule has 1 aliphatic rings. The summed E-state index contributed by atoms with van der Waals surface area (Å²) in [4.78, 5) is 17.5. The molecule has 5 nitrogen and oxygen atoms in total. The quantitative estimate of drug-likeness (QED) is 0.845. The molecule has 100 valence electrons.